The zero-order valence-electron chi connectivity index (χ0n) is 18.6. The van der Waals surface area contributed by atoms with Gasteiger partial charge in [-0.05, 0) is 70.0 Å². The highest BCUT2D eigenvalue weighted by Gasteiger charge is 2.24. The third kappa shape index (κ3) is 6.28. The molecule has 0 aliphatic carbocycles. The van der Waals surface area contributed by atoms with Crippen molar-refractivity contribution in [3.63, 3.8) is 0 Å². The lowest BCUT2D eigenvalue weighted by molar-refractivity contribution is -0.384. The number of thioether (sulfide) groups is 1. The number of amidine groups is 1. The minimum Gasteiger partial charge on any atom is -0.490 e. The number of hydrogen-bond donors (Lipinski definition) is 1. The SMILES string of the molecule is CCOc1cc(/C=C2/SC(=Nc3ccc([N+](=O)[O-])cc3Br)NC2=O)ccc1OCc1ccccc1. The van der Waals surface area contributed by atoms with Crippen molar-refractivity contribution in [3.05, 3.63) is 97.3 Å². The molecule has 1 fully saturated rings. The molecule has 35 heavy (non-hydrogen) atoms. The number of nitro groups is 1. The molecule has 3 aromatic rings. The zero-order valence-corrected chi connectivity index (χ0v) is 21.0. The first-order valence-electron chi connectivity index (χ1n) is 10.6. The number of carbonyl (C=O) groups excluding carboxylic acids is 1. The van der Waals surface area contributed by atoms with Gasteiger partial charge in [0, 0.05) is 12.1 Å². The third-order valence-electron chi connectivity index (χ3n) is 4.82. The highest BCUT2D eigenvalue weighted by Crippen LogP contribution is 2.35. The molecule has 0 radical (unpaired) electrons. The van der Waals surface area contributed by atoms with E-state index in [0.717, 1.165) is 11.1 Å². The van der Waals surface area contributed by atoms with Crippen LogP contribution in [0.15, 0.2) is 81.1 Å². The van der Waals surface area contributed by atoms with Crippen molar-refractivity contribution in [1.29, 1.82) is 0 Å². The van der Waals surface area contributed by atoms with E-state index in [4.69, 9.17) is 9.47 Å². The van der Waals surface area contributed by atoms with Gasteiger partial charge in [0.05, 0.1) is 26.6 Å². The molecule has 1 N–H and O–H groups in total. The highest BCUT2D eigenvalue weighted by molar-refractivity contribution is 9.10. The summed E-state index contributed by atoms with van der Waals surface area (Å²) in [4.78, 5) is 27.8. The number of non-ortho nitro benzene ring substituents is 1. The number of hydrogen-bond acceptors (Lipinski definition) is 7. The summed E-state index contributed by atoms with van der Waals surface area (Å²) in [5.41, 5.74) is 2.24. The minimum atomic E-state index is -0.483. The van der Waals surface area contributed by atoms with Crippen LogP contribution in [0.1, 0.15) is 18.1 Å². The highest BCUT2D eigenvalue weighted by atomic mass is 79.9. The van der Waals surface area contributed by atoms with Crippen molar-refractivity contribution in [2.24, 2.45) is 4.99 Å². The average molecular weight is 554 g/mol. The number of amides is 1. The van der Waals surface area contributed by atoms with Gasteiger partial charge in [-0.2, -0.15) is 0 Å². The lowest BCUT2D eigenvalue weighted by atomic mass is 10.2. The van der Waals surface area contributed by atoms with E-state index in [1.807, 2.05) is 55.5 Å². The van der Waals surface area contributed by atoms with Crippen molar-refractivity contribution in [2.45, 2.75) is 13.5 Å². The molecule has 178 valence electrons. The smallest absolute Gasteiger partial charge is 0.270 e. The summed E-state index contributed by atoms with van der Waals surface area (Å²) in [6.45, 7) is 2.78. The second kappa shape index (κ2) is 11.2. The fourth-order valence-corrected chi connectivity index (χ4v) is 4.47. The van der Waals surface area contributed by atoms with Crippen LogP contribution in [-0.2, 0) is 11.4 Å². The number of ether oxygens (including phenoxy) is 2. The van der Waals surface area contributed by atoms with Crippen LogP contribution in [0.3, 0.4) is 0 Å². The number of benzene rings is 3. The molecule has 1 heterocycles. The van der Waals surface area contributed by atoms with Gasteiger partial charge in [0.1, 0.15) is 6.61 Å². The summed E-state index contributed by atoms with van der Waals surface area (Å²) in [5.74, 6) is 0.922. The lowest BCUT2D eigenvalue weighted by Gasteiger charge is -2.13. The predicted molar refractivity (Wildman–Crippen MR) is 140 cm³/mol. The van der Waals surface area contributed by atoms with E-state index < -0.39 is 4.92 Å². The number of nitro benzene ring substituents is 1. The number of carbonyl (C=O) groups is 1. The van der Waals surface area contributed by atoms with Gasteiger partial charge in [0.2, 0.25) is 0 Å². The molecular weight excluding hydrogens is 534 g/mol. The van der Waals surface area contributed by atoms with Gasteiger partial charge in [-0.3, -0.25) is 14.9 Å². The lowest BCUT2D eigenvalue weighted by Crippen LogP contribution is -2.19. The van der Waals surface area contributed by atoms with Crippen LogP contribution in [0.5, 0.6) is 11.5 Å². The van der Waals surface area contributed by atoms with E-state index in [9.17, 15) is 14.9 Å². The fourth-order valence-electron chi connectivity index (χ4n) is 3.18. The topological polar surface area (TPSA) is 103 Å². The van der Waals surface area contributed by atoms with Crippen LogP contribution in [0.25, 0.3) is 6.08 Å². The number of nitrogens with one attached hydrogen (secondary N) is 1. The van der Waals surface area contributed by atoms with Crippen molar-refractivity contribution in [1.82, 2.24) is 5.32 Å². The van der Waals surface area contributed by atoms with Crippen molar-refractivity contribution < 1.29 is 19.2 Å². The molecule has 3 aromatic carbocycles. The number of nitrogens with zero attached hydrogens (tertiary/aromatic N) is 2. The Labute approximate surface area is 214 Å². The molecule has 0 saturated carbocycles. The molecule has 8 nitrogen and oxygen atoms in total. The van der Waals surface area contributed by atoms with Crippen LogP contribution in [0.4, 0.5) is 11.4 Å². The van der Waals surface area contributed by atoms with Gasteiger partial charge in [-0.25, -0.2) is 4.99 Å². The standard InChI is InChI=1S/C25H20BrN3O5S/c1-2-33-22-12-17(8-11-21(22)34-15-16-6-4-3-5-7-16)13-23-24(30)28-25(35-23)27-20-10-9-18(29(31)32)14-19(20)26/h3-14H,2,15H2,1H3,(H,27,28,30)/b23-13+. The van der Waals surface area contributed by atoms with Crippen LogP contribution < -0.4 is 14.8 Å². The maximum atomic E-state index is 12.5. The van der Waals surface area contributed by atoms with E-state index >= 15 is 0 Å². The minimum absolute atomic E-state index is 0.0502. The summed E-state index contributed by atoms with van der Waals surface area (Å²) in [5, 5.41) is 14.0. The summed E-state index contributed by atoms with van der Waals surface area (Å²) >= 11 is 4.47. The molecule has 0 unspecified atom stereocenters. The first kappa shape index (κ1) is 24.5. The largest absolute Gasteiger partial charge is 0.490 e. The number of halogens is 1. The van der Waals surface area contributed by atoms with Gasteiger partial charge in [0.25, 0.3) is 11.6 Å². The quantitative estimate of drug-likeness (QED) is 0.201. The van der Waals surface area contributed by atoms with E-state index in [0.29, 0.717) is 44.9 Å². The van der Waals surface area contributed by atoms with Gasteiger partial charge in [-0.15, -0.1) is 0 Å². The maximum Gasteiger partial charge on any atom is 0.270 e. The van der Waals surface area contributed by atoms with Crippen molar-refractivity contribution in [2.75, 3.05) is 6.61 Å². The van der Waals surface area contributed by atoms with E-state index in [1.165, 1.54) is 30.0 Å². The molecule has 10 heteroatoms. The monoisotopic (exact) mass is 553 g/mol. The predicted octanol–water partition coefficient (Wildman–Crippen LogP) is 6.23. The van der Waals surface area contributed by atoms with Crippen molar-refractivity contribution in [3.8, 4) is 11.5 Å². The van der Waals surface area contributed by atoms with Crippen LogP contribution in [0.2, 0.25) is 0 Å². The molecule has 1 aliphatic heterocycles. The molecule has 1 saturated heterocycles. The number of aliphatic imine (C=N–C) groups is 1. The molecule has 0 aromatic heterocycles. The van der Waals surface area contributed by atoms with Gasteiger partial charge in [-0.1, -0.05) is 36.4 Å². The van der Waals surface area contributed by atoms with E-state index in [2.05, 4.69) is 26.2 Å². The summed E-state index contributed by atoms with van der Waals surface area (Å²) in [6, 6.07) is 19.6. The summed E-state index contributed by atoms with van der Waals surface area (Å²) in [7, 11) is 0. The second-order valence-corrected chi connectivity index (χ2v) is 9.17. The van der Waals surface area contributed by atoms with Gasteiger partial charge in [0.15, 0.2) is 16.7 Å². The molecule has 4 rings (SSSR count). The first-order valence-corrected chi connectivity index (χ1v) is 12.2. The first-order chi connectivity index (χ1) is 16.9. The Bertz CT molecular complexity index is 1330. The molecule has 0 atom stereocenters. The molecular formula is C25H20BrN3O5S. The van der Waals surface area contributed by atoms with Gasteiger partial charge < -0.3 is 14.8 Å². The Morgan fingerprint density at radius 1 is 1.09 bits per heavy atom. The molecule has 1 amide bonds. The van der Waals surface area contributed by atoms with Crippen LogP contribution >= 0.6 is 27.7 Å². The maximum absolute atomic E-state index is 12.5. The third-order valence-corrected chi connectivity index (χ3v) is 6.36. The average Bonchev–Trinajstić information content (AvgIpc) is 3.19. The van der Waals surface area contributed by atoms with Crippen molar-refractivity contribution >= 4 is 56.2 Å². The Balaban J connectivity index is 1.51. The number of rotatable bonds is 8. The fraction of sp³-hybridized carbons (Fsp3) is 0.120. The van der Waals surface area contributed by atoms with E-state index in [-0.39, 0.29) is 11.6 Å². The van der Waals surface area contributed by atoms with Gasteiger partial charge >= 0.3 is 0 Å². The summed E-state index contributed by atoms with van der Waals surface area (Å²) < 4.78 is 12.2. The summed E-state index contributed by atoms with van der Waals surface area (Å²) in [6.07, 6.45) is 1.75. The Hall–Kier alpha value is -3.63. The van der Waals surface area contributed by atoms with Crippen LogP contribution in [-0.4, -0.2) is 22.6 Å². The van der Waals surface area contributed by atoms with E-state index in [1.54, 1.807) is 6.08 Å². The Morgan fingerprint density at radius 2 is 1.89 bits per heavy atom. The molecule has 0 bridgehead atoms. The molecule has 0 spiro atoms. The van der Waals surface area contributed by atoms with Crippen LogP contribution in [0, 0.1) is 10.1 Å². The zero-order chi connectivity index (χ0) is 24.8. The Morgan fingerprint density at radius 3 is 2.60 bits per heavy atom. The normalized spacial score (nSPS) is 15.3. The molecule has 1 aliphatic rings. The second-order valence-electron chi connectivity index (χ2n) is 7.29. The Kier molecular flexibility index (Phi) is 7.84.